The second-order valence-electron chi connectivity index (χ2n) is 3.82. The molecule has 16 heavy (non-hydrogen) atoms. The number of hydrogen-bond acceptors (Lipinski definition) is 2. The lowest BCUT2D eigenvalue weighted by Gasteiger charge is -2.15. The number of rotatable bonds is 1. The molecule has 1 aromatic rings. The molecule has 1 atom stereocenters. The highest BCUT2D eigenvalue weighted by Gasteiger charge is 2.26. The summed E-state index contributed by atoms with van der Waals surface area (Å²) in [5.74, 6) is -1.02. The number of likely N-dealkylation sites (tertiary alicyclic amines) is 1. The van der Waals surface area contributed by atoms with Crippen LogP contribution in [0.3, 0.4) is 0 Å². The molecular formula is C11H11ClFNO2. The second kappa shape index (κ2) is 4.39. The second-order valence-corrected chi connectivity index (χ2v) is 4.25. The van der Waals surface area contributed by atoms with Crippen LogP contribution in [0.1, 0.15) is 16.8 Å². The quantitative estimate of drug-likeness (QED) is 0.815. The van der Waals surface area contributed by atoms with Crippen LogP contribution in [0.15, 0.2) is 18.2 Å². The van der Waals surface area contributed by atoms with E-state index in [4.69, 9.17) is 11.6 Å². The summed E-state index contributed by atoms with van der Waals surface area (Å²) in [6.07, 6.45) is 0.0420. The zero-order valence-electron chi connectivity index (χ0n) is 8.49. The molecule has 0 bridgehead atoms. The summed E-state index contributed by atoms with van der Waals surface area (Å²) < 4.78 is 13.5. The molecule has 0 unspecified atom stereocenters. The van der Waals surface area contributed by atoms with E-state index >= 15 is 0 Å². The summed E-state index contributed by atoms with van der Waals surface area (Å²) in [5.41, 5.74) is -0.00139. The lowest BCUT2D eigenvalue weighted by molar-refractivity contribution is 0.0760. The predicted molar refractivity (Wildman–Crippen MR) is 57.9 cm³/mol. The summed E-state index contributed by atoms with van der Waals surface area (Å²) in [4.78, 5) is 13.3. The Morgan fingerprint density at radius 3 is 2.88 bits per heavy atom. The third kappa shape index (κ3) is 2.18. The minimum Gasteiger partial charge on any atom is -0.391 e. The van der Waals surface area contributed by atoms with Crippen LogP contribution < -0.4 is 0 Å². The van der Waals surface area contributed by atoms with Crippen molar-refractivity contribution >= 4 is 17.5 Å². The standard InChI is InChI=1S/C11H11ClFNO2/c12-7-1-2-9(10(13)5-7)11(16)14-4-3-8(15)6-14/h1-2,5,8,15H,3-4,6H2/t8-/m1/s1. The first kappa shape index (κ1) is 11.4. The lowest BCUT2D eigenvalue weighted by atomic mass is 10.2. The van der Waals surface area contributed by atoms with E-state index in [1.807, 2.05) is 0 Å². The summed E-state index contributed by atoms with van der Waals surface area (Å²) >= 11 is 5.60. The van der Waals surface area contributed by atoms with E-state index in [0.29, 0.717) is 13.0 Å². The topological polar surface area (TPSA) is 40.5 Å². The number of halogens is 2. The van der Waals surface area contributed by atoms with Gasteiger partial charge < -0.3 is 10.0 Å². The highest BCUT2D eigenvalue weighted by molar-refractivity contribution is 6.30. The molecule has 0 aliphatic carbocycles. The molecule has 1 aromatic carbocycles. The molecule has 0 spiro atoms. The molecule has 1 saturated heterocycles. The molecule has 5 heteroatoms. The van der Waals surface area contributed by atoms with Crippen molar-refractivity contribution in [1.82, 2.24) is 4.90 Å². The first-order valence-electron chi connectivity index (χ1n) is 5.00. The van der Waals surface area contributed by atoms with Crippen LogP contribution in [0, 0.1) is 5.82 Å². The van der Waals surface area contributed by atoms with Crippen molar-refractivity contribution in [3.63, 3.8) is 0 Å². The van der Waals surface area contributed by atoms with Crippen molar-refractivity contribution < 1.29 is 14.3 Å². The number of aliphatic hydroxyl groups excluding tert-OH is 1. The Morgan fingerprint density at radius 2 is 2.31 bits per heavy atom. The van der Waals surface area contributed by atoms with Gasteiger partial charge in [0.25, 0.3) is 5.91 Å². The highest BCUT2D eigenvalue weighted by atomic mass is 35.5. The third-order valence-electron chi connectivity index (χ3n) is 2.61. The fourth-order valence-corrected chi connectivity index (χ4v) is 1.92. The maximum Gasteiger partial charge on any atom is 0.256 e. The fraction of sp³-hybridized carbons (Fsp3) is 0.364. The van der Waals surface area contributed by atoms with Crippen LogP contribution in [0.25, 0.3) is 0 Å². The van der Waals surface area contributed by atoms with Crippen LogP contribution in [0.4, 0.5) is 4.39 Å². The van der Waals surface area contributed by atoms with Crippen LogP contribution in [-0.4, -0.2) is 35.1 Å². The third-order valence-corrected chi connectivity index (χ3v) is 2.85. The fourth-order valence-electron chi connectivity index (χ4n) is 1.76. The highest BCUT2D eigenvalue weighted by Crippen LogP contribution is 2.18. The number of β-amino-alcohol motifs (C(OH)–C–C–N with tert-alkyl or cyclic N) is 1. The van der Waals surface area contributed by atoms with Crippen molar-refractivity contribution in [2.45, 2.75) is 12.5 Å². The Bertz CT molecular complexity index is 424. The Balaban J connectivity index is 2.21. The van der Waals surface area contributed by atoms with Gasteiger partial charge in [-0.25, -0.2) is 4.39 Å². The molecule has 1 aliphatic rings. The van der Waals surface area contributed by atoms with Crippen LogP contribution >= 0.6 is 11.6 Å². The van der Waals surface area contributed by atoms with Gasteiger partial charge in [0.15, 0.2) is 0 Å². The van der Waals surface area contributed by atoms with Crippen molar-refractivity contribution in [2.24, 2.45) is 0 Å². The SMILES string of the molecule is O=C(c1ccc(Cl)cc1F)N1CC[C@@H](O)C1. The minimum absolute atomic E-state index is 0.00139. The maximum atomic E-state index is 13.5. The van der Waals surface area contributed by atoms with Crippen molar-refractivity contribution in [1.29, 1.82) is 0 Å². The summed E-state index contributed by atoms with van der Waals surface area (Å²) in [5, 5.41) is 9.56. The van der Waals surface area contributed by atoms with Gasteiger partial charge in [-0.1, -0.05) is 11.6 Å². The van der Waals surface area contributed by atoms with E-state index in [2.05, 4.69) is 0 Å². The molecule has 1 N–H and O–H groups in total. The van der Waals surface area contributed by atoms with Crippen LogP contribution in [-0.2, 0) is 0 Å². The Labute approximate surface area is 97.4 Å². The molecule has 2 rings (SSSR count). The summed E-state index contributed by atoms with van der Waals surface area (Å²) in [6, 6.07) is 3.95. The van der Waals surface area contributed by atoms with E-state index < -0.39 is 17.8 Å². The number of benzene rings is 1. The van der Waals surface area contributed by atoms with Gasteiger partial charge in [-0.05, 0) is 24.6 Å². The van der Waals surface area contributed by atoms with Gasteiger partial charge >= 0.3 is 0 Å². The monoisotopic (exact) mass is 243 g/mol. The summed E-state index contributed by atoms with van der Waals surface area (Å²) in [7, 11) is 0. The normalized spacial score (nSPS) is 20.2. The smallest absolute Gasteiger partial charge is 0.256 e. The minimum atomic E-state index is -0.626. The van der Waals surface area contributed by atoms with Gasteiger partial charge in [0.05, 0.1) is 11.7 Å². The zero-order chi connectivity index (χ0) is 11.7. The predicted octanol–water partition coefficient (Wildman–Crippen LogP) is 1.69. The van der Waals surface area contributed by atoms with Gasteiger partial charge in [0.2, 0.25) is 0 Å². The van der Waals surface area contributed by atoms with Crippen molar-refractivity contribution in [2.75, 3.05) is 13.1 Å². The Hall–Kier alpha value is -1.13. The molecule has 86 valence electrons. The molecule has 1 aliphatic heterocycles. The number of hydrogen-bond donors (Lipinski definition) is 1. The molecule has 0 aromatic heterocycles. The van der Waals surface area contributed by atoms with E-state index in [9.17, 15) is 14.3 Å². The van der Waals surface area contributed by atoms with E-state index in [-0.39, 0.29) is 17.1 Å². The first-order chi connectivity index (χ1) is 7.58. The van der Waals surface area contributed by atoms with E-state index in [1.165, 1.54) is 17.0 Å². The van der Waals surface area contributed by atoms with Gasteiger partial charge in [-0.15, -0.1) is 0 Å². The van der Waals surface area contributed by atoms with Crippen molar-refractivity contribution in [3.8, 4) is 0 Å². The maximum absolute atomic E-state index is 13.5. The Kier molecular flexibility index (Phi) is 3.12. The summed E-state index contributed by atoms with van der Waals surface area (Å²) in [6.45, 7) is 0.725. The average molecular weight is 244 g/mol. The van der Waals surface area contributed by atoms with Gasteiger partial charge in [0.1, 0.15) is 5.82 Å². The van der Waals surface area contributed by atoms with Crippen molar-refractivity contribution in [3.05, 3.63) is 34.6 Å². The van der Waals surface area contributed by atoms with Crippen LogP contribution in [0.2, 0.25) is 5.02 Å². The molecule has 1 fully saturated rings. The average Bonchev–Trinajstić information content (AvgIpc) is 2.64. The van der Waals surface area contributed by atoms with Gasteiger partial charge in [-0.3, -0.25) is 4.79 Å². The van der Waals surface area contributed by atoms with E-state index in [0.717, 1.165) is 6.07 Å². The number of aliphatic hydroxyl groups is 1. The van der Waals surface area contributed by atoms with Gasteiger partial charge in [-0.2, -0.15) is 0 Å². The first-order valence-corrected chi connectivity index (χ1v) is 5.38. The number of carbonyl (C=O) groups is 1. The van der Waals surface area contributed by atoms with Gasteiger partial charge in [0, 0.05) is 18.1 Å². The zero-order valence-corrected chi connectivity index (χ0v) is 9.25. The molecule has 0 saturated carbocycles. The molecule has 1 amide bonds. The molecular weight excluding hydrogens is 233 g/mol. The van der Waals surface area contributed by atoms with Crippen LogP contribution in [0.5, 0.6) is 0 Å². The van der Waals surface area contributed by atoms with E-state index in [1.54, 1.807) is 0 Å². The number of carbonyl (C=O) groups excluding carboxylic acids is 1. The molecule has 0 radical (unpaired) electrons. The number of nitrogens with zero attached hydrogens (tertiary/aromatic N) is 1. The largest absolute Gasteiger partial charge is 0.391 e. The number of amides is 1. The Morgan fingerprint density at radius 1 is 1.56 bits per heavy atom. The molecule has 3 nitrogen and oxygen atoms in total. The lowest BCUT2D eigenvalue weighted by Crippen LogP contribution is -2.30. The molecule has 1 heterocycles.